The Kier molecular flexibility index (Phi) is 4.39. The number of nitrogens with one attached hydrogen (secondary N) is 3. The standard InChI is InChI=1S/C21H21N3O3/c1-12(13-6-8-17-14(10-13)7-9-19(25)23-17)22-21(27)16-11-20(26)24-18-5-3-2-4-15(16)18/h2-6,8,10,12,16H,7,9,11H2,1H3,(H,22,27)(H,23,25)(H,24,26)/t12-,16-/m1/s1. The van der Waals surface area contributed by atoms with Crippen LogP contribution in [0.1, 0.15) is 48.4 Å². The fourth-order valence-corrected chi connectivity index (χ4v) is 3.72. The van der Waals surface area contributed by atoms with Crippen molar-refractivity contribution in [3.05, 3.63) is 59.2 Å². The van der Waals surface area contributed by atoms with Crippen molar-refractivity contribution in [2.75, 3.05) is 10.6 Å². The Hall–Kier alpha value is -3.15. The SMILES string of the molecule is C[C@@H](NC(=O)[C@@H]1CC(=O)Nc2ccccc21)c1ccc2c(c1)CCC(=O)N2. The highest BCUT2D eigenvalue weighted by Gasteiger charge is 2.31. The fraction of sp³-hybridized carbons (Fsp3) is 0.286. The first-order valence-corrected chi connectivity index (χ1v) is 9.13. The van der Waals surface area contributed by atoms with Crippen LogP contribution in [0.5, 0.6) is 0 Å². The van der Waals surface area contributed by atoms with Crippen LogP contribution >= 0.6 is 0 Å². The molecule has 4 rings (SSSR count). The first kappa shape index (κ1) is 17.3. The molecule has 2 heterocycles. The number of hydrogen-bond acceptors (Lipinski definition) is 3. The first-order valence-electron chi connectivity index (χ1n) is 9.13. The number of hydrogen-bond donors (Lipinski definition) is 3. The number of amides is 3. The second-order valence-electron chi connectivity index (χ2n) is 7.09. The van der Waals surface area contributed by atoms with Crippen LogP contribution in [0.3, 0.4) is 0 Å². The Morgan fingerprint density at radius 2 is 1.81 bits per heavy atom. The molecule has 0 fully saturated rings. The molecule has 6 nitrogen and oxygen atoms in total. The van der Waals surface area contributed by atoms with Crippen LogP contribution in [0, 0.1) is 0 Å². The molecule has 2 aromatic carbocycles. The molecule has 0 saturated carbocycles. The summed E-state index contributed by atoms with van der Waals surface area (Å²) in [7, 11) is 0. The molecule has 6 heteroatoms. The molecule has 0 bridgehead atoms. The number of carbonyl (C=O) groups is 3. The summed E-state index contributed by atoms with van der Waals surface area (Å²) in [4.78, 5) is 36.3. The summed E-state index contributed by atoms with van der Waals surface area (Å²) in [5.74, 6) is -0.762. The van der Waals surface area contributed by atoms with Crippen molar-refractivity contribution < 1.29 is 14.4 Å². The quantitative estimate of drug-likeness (QED) is 0.784. The number of fused-ring (bicyclic) bond motifs is 2. The third-order valence-electron chi connectivity index (χ3n) is 5.20. The highest BCUT2D eigenvalue weighted by Crippen LogP contribution is 2.33. The van der Waals surface area contributed by atoms with E-state index in [0.29, 0.717) is 18.5 Å². The number of rotatable bonds is 3. The monoisotopic (exact) mass is 363 g/mol. The molecule has 138 valence electrons. The zero-order chi connectivity index (χ0) is 19.0. The lowest BCUT2D eigenvalue weighted by Gasteiger charge is -2.26. The summed E-state index contributed by atoms with van der Waals surface area (Å²) >= 11 is 0. The molecule has 0 aromatic heterocycles. The zero-order valence-electron chi connectivity index (χ0n) is 15.0. The molecule has 2 aliphatic heterocycles. The fourth-order valence-electron chi connectivity index (χ4n) is 3.72. The van der Waals surface area contributed by atoms with Crippen molar-refractivity contribution in [2.45, 2.75) is 38.1 Å². The number of anilines is 2. The molecule has 0 radical (unpaired) electrons. The van der Waals surface area contributed by atoms with E-state index in [4.69, 9.17) is 0 Å². The molecular formula is C21H21N3O3. The van der Waals surface area contributed by atoms with Crippen molar-refractivity contribution in [1.29, 1.82) is 0 Å². The van der Waals surface area contributed by atoms with Gasteiger partial charge in [-0.3, -0.25) is 14.4 Å². The van der Waals surface area contributed by atoms with Gasteiger partial charge < -0.3 is 16.0 Å². The second kappa shape index (κ2) is 6.87. The molecule has 27 heavy (non-hydrogen) atoms. The van der Waals surface area contributed by atoms with Crippen LogP contribution in [0.25, 0.3) is 0 Å². The lowest BCUT2D eigenvalue weighted by atomic mass is 9.89. The average molecular weight is 363 g/mol. The largest absolute Gasteiger partial charge is 0.349 e. The normalized spacial score (nSPS) is 19.2. The van der Waals surface area contributed by atoms with Gasteiger partial charge in [-0.25, -0.2) is 0 Å². The average Bonchev–Trinajstić information content (AvgIpc) is 2.66. The molecular weight excluding hydrogens is 342 g/mol. The minimum absolute atomic E-state index is 0.0332. The molecule has 2 aromatic rings. The Bertz CT molecular complexity index is 938. The Morgan fingerprint density at radius 3 is 2.67 bits per heavy atom. The molecule has 0 aliphatic carbocycles. The van der Waals surface area contributed by atoms with E-state index in [1.54, 1.807) is 0 Å². The van der Waals surface area contributed by atoms with Crippen molar-refractivity contribution in [3.63, 3.8) is 0 Å². The molecule has 2 atom stereocenters. The number of benzene rings is 2. The molecule has 2 aliphatic rings. The van der Waals surface area contributed by atoms with Gasteiger partial charge in [0.2, 0.25) is 17.7 Å². The highest BCUT2D eigenvalue weighted by atomic mass is 16.2. The van der Waals surface area contributed by atoms with E-state index in [1.807, 2.05) is 49.4 Å². The smallest absolute Gasteiger partial charge is 0.228 e. The lowest BCUT2D eigenvalue weighted by Crippen LogP contribution is -2.36. The zero-order valence-corrected chi connectivity index (χ0v) is 15.0. The Balaban J connectivity index is 1.52. The van der Waals surface area contributed by atoms with Gasteiger partial charge in [-0.2, -0.15) is 0 Å². The summed E-state index contributed by atoms with van der Waals surface area (Å²) in [6.45, 7) is 1.93. The topological polar surface area (TPSA) is 87.3 Å². The molecule has 3 amide bonds. The summed E-state index contributed by atoms with van der Waals surface area (Å²) in [6, 6.07) is 13.0. The van der Waals surface area contributed by atoms with Gasteiger partial charge in [0.05, 0.1) is 12.0 Å². The van der Waals surface area contributed by atoms with Crippen LogP contribution in [0.4, 0.5) is 11.4 Å². The summed E-state index contributed by atoms with van der Waals surface area (Å²) in [5, 5.41) is 8.71. The van der Waals surface area contributed by atoms with Crippen LogP contribution in [0.2, 0.25) is 0 Å². The second-order valence-corrected chi connectivity index (χ2v) is 7.09. The lowest BCUT2D eigenvalue weighted by molar-refractivity contribution is -0.126. The van der Waals surface area contributed by atoms with Gasteiger partial charge in [0, 0.05) is 24.2 Å². The Morgan fingerprint density at radius 1 is 1.04 bits per heavy atom. The summed E-state index contributed by atoms with van der Waals surface area (Å²) < 4.78 is 0. The van der Waals surface area contributed by atoms with Gasteiger partial charge in [-0.1, -0.05) is 30.3 Å². The van der Waals surface area contributed by atoms with Gasteiger partial charge in [0.25, 0.3) is 0 Å². The van der Waals surface area contributed by atoms with Crippen molar-refractivity contribution in [3.8, 4) is 0 Å². The van der Waals surface area contributed by atoms with Crippen LogP contribution in [-0.4, -0.2) is 17.7 Å². The third kappa shape index (κ3) is 3.43. The number of aryl methyl sites for hydroxylation is 1. The van der Waals surface area contributed by atoms with Gasteiger partial charge in [0.15, 0.2) is 0 Å². The van der Waals surface area contributed by atoms with E-state index in [2.05, 4.69) is 16.0 Å². The number of carbonyl (C=O) groups excluding carboxylic acids is 3. The van der Waals surface area contributed by atoms with Gasteiger partial charge >= 0.3 is 0 Å². The third-order valence-corrected chi connectivity index (χ3v) is 5.20. The van der Waals surface area contributed by atoms with Crippen LogP contribution in [-0.2, 0) is 20.8 Å². The van der Waals surface area contributed by atoms with E-state index < -0.39 is 5.92 Å². The van der Waals surface area contributed by atoms with Gasteiger partial charge in [-0.05, 0) is 42.2 Å². The summed E-state index contributed by atoms with van der Waals surface area (Å²) in [6.07, 6.45) is 1.32. The van der Waals surface area contributed by atoms with Crippen molar-refractivity contribution >= 4 is 29.1 Å². The maximum atomic E-state index is 12.9. The first-order chi connectivity index (χ1) is 13.0. The predicted octanol–water partition coefficient (Wildman–Crippen LogP) is 2.87. The van der Waals surface area contributed by atoms with Gasteiger partial charge in [0.1, 0.15) is 0 Å². The van der Waals surface area contributed by atoms with E-state index >= 15 is 0 Å². The van der Waals surface area contributed by atoms with E-state index in [0.717, 1.165) is 22.4 Å². The van der Waals surface area contributed by atoms with Crippen LogP contribution < -0.4 is 16.0 Å². The Labute approximate surface area is 157 Å². The maximum absolute atomic E-state index is 12.9. The predicted molar refractivity (Wildman–Crippen MR) is 102 cm³/mol. The van der Waals surface area contributed by atoms with Crippen LogP contribution in [0.15, 0.2) is 42.5 Å². The van der Waals surface area contributed by atoms with Crippen molar-refractivity contribution in [2.24, 2.45) is 0 Å². The molecule has 3 N–H and O–H groups in total. The van der Waals surface area contributed by atoms with Crippen molar-refractivity contribution in [1.82, 2.24) is 5.32 Å². The maximum Gasteiger partial charge on any atom is 0.228 e. The molecule has 0 saturated heterocycles. The van der Waals surface area contributed by atoms with E-state index in [-0.39, 0.29) is 30.2 Å². The van der Waals surface area contributed by atoms with Gasteiger partial charge in [-0.15, -0.1) is 0 Å². The minimum Gasteiger partial charge on any atom is -0.349 e. The summed E-state index contributed by atoms with van der Waals surface area (Å²) in [5.41, 5.74) is 4.44. The van der Waals surface area contributed by atoms with E-state index in [9.17, 15) is 14.4 Å². The molecule has 0 unspecified atom stereocenters. The number of para-hydroxylation sites is 1. The van der Waals surface area contributed by atoms with E-state index in [1.165, 1.54) is 0 Å². The minimum atomic E-state index is -0.491. The molecule has 0 spiro atoms. The highest BCUT2D eigenvalue weighted by molar-refractivity contribution is 6.01.